The van der Waals surface area contributed by atoms with Crippen molar-refractivity contribution in [2.45, 2.75) is 44.4 Å². The minimum atomic E-state index is -1.13. The van der Waals surface area contributed by atoms with Crippen LogP contribution in [0, 0.1) is 5.92 Å². The van der Waals surface area contributed by atoms with Crippen molar-refractivity contribution in [1.82, 2.24) is 0 Å². The molecule has 1 amide bonds. The summed E-state index contributed by atoms with van der Waals surface area (Å²) in [5.41, 5.74) is 4.99. The predicted octanol–water partition coefficient (Wildman–Crippen LogP) is -1.66. The zero-order valence-electron chi connectivity index (χ0n) is 10.4. The van der Waals surface area contributed by atoms with Gasteiger partial charge in [-0.1, -0.05) is 6.92 Å². The Hall–Kier alpha value is -0.730. The Balaban J connectivity index is 2.41. The third-order valence-electron chi connectivity index (χ3n) is 3.04. The highest BCUT2D eigenvalue weighted by molar-refractivity contribution is 5.73. The number of ether oxygens (including phenoxy) is 2. The van der Waals surface area contributed by atoms with Crippen LogP contribution in [0.25, 0.3) is 0 Å². The monoisotopic (exact) mass is 263 g/mol. The van der Waals surface area contributed by atoms with Crippen LogP contribution in [0.5, 0.6) is 0 Å². The molecule has 5 atom stereocenters. The number of hydrogen-bond acceptors (Lipinski definition) is 6. The van der Waals surface area contributed by atoms with E-state index in [1.54, 1.807) is 6.92 Å². The molecule has 5 N–H and O–H groups in total. The molecule has 0 aromatic rings. The standard InChI is InChI=1S/C11H21NO6/c1-6-9(15)10(16)7(5-13)18-11(6)17-4-2-3-8(12)14/h6-7,9-11,13,15-16H,2-5H2,1H3,(H2,12,14)/t6?,7?,9-,10+,11-/m1/s1. The lowest BCUT2D eigenvalue weighted by Crippen LogP contribution is -2.55. The van der Waals surface area contributed by atoms with E-state index in [9.17, 15) is 15.0 Å². The van der Waals surface area contributed by atoms with Gasteiger partial charge in [0, 0.05) is 12.3 Å². The summed E-state index contributed by atoms with van der Waals surface area (Å²) in [5.74, 6) is -0.823. The molecule has 0 aromatic carbocycles. The molecule has 18 heavy (non-hydrogen) atoms. The van der Waals surface area contributed by atoms with E-state index in [0.29, 0.717) is 6.42 Å². The molecule has 1 aliphatic rings. The number of aliphatic hydroxyl groups excluding tert-OH is 3. The SMILES string of the molecule is CC1[C@H](OCCCC(N)=O)OC(CO)[C@H](O)[C@@H]1O. The zero-order valence-corrected chi connectivity index (χ0v) is 10.4. The predicted molar refractivity (Wildman–Crippen MR) is 61.3 cm³/mol. The summed E-state index contributed by atoms with van der Waals surface area (Å²) >= 11 is 0. The molecule has 0 aromatic heterocycles. The van der Waals surface area contributed by atoms with E-state index < -0.39 is 43.0 Å². The number of aliphatic hydroxyl groups is 3. The molecule has 2 unspecified atom stereocenters. The maximum Gasteiger partial charge on any atom is 0.217 e. The summed E-state index contributed by atoms with van der Waals surface area (Å²) in [6.45, 7) is 1.55. The molecule has 1 saturated heterocycles. The number of rotatable bonds is 6. The molecular formula is C11H21NO6. The van der Waals surface area contributed by atoms with Gasteiger partial charge in [-0.15, -0.1) is 0 Å². The lowest BCUT2D eigenvalue weighted by molar-refractivity contribution is -0.282. The maximum atomic E-state index is 10.5. The van der Waals surface area contributed by atoms with Gasteiger partial charge in [-0.05, 0) is 6.42 Å². The average molecular weight is 263 g/mol. The molecule has 0 radical (unpaired) electrons. The average Bonchev–Trinajstić information content (AvgIpc) is 2.34. The molecule has 0 aliphatic carbocycles. The Morgan fingerprint density at radius 2 is 2.06 bits per heavy atom. The molecular weight excluding hydrogens is 242 g/mol. The van der Waals surface area contributed by atoms with Gasteiger partial charge >= 0.3 is 0 Å². The number of primary amides is 1. The number of carbonyl (C=O) groups excluding carboxylic acids is 1. The molecule has 1 aliphatic heterocycles. The van der Waals surface area contributed by atoms with Crippen LogP contribution >= 0.6 is 0 Å². The Kier molecular flexibility index (Phi) is 5.97. The molecule has 1 heterocycles. The molecule has 0 saturated carbocycles. The summed E-state index contributed by atoms with van der Waals surface area (Å²) in [7, 11) is 0. The fourth-order valence-corrected chi connectivity index (χ4v) is 1.86. The van der Waals surface area contributed by atoms with Crippen LogP contribution < -0.4 is 5.73 Å². The quantitative estimate of drug-likeness (QED) is 0.426. The molecule has 0 spiro atoms. The third-order valence-corrected chi connectivity index (χ3v) is 3.04. The number of hydrogen-bond donors (Lipinski definition) is 4. The summed E-state index contributed by atoms with van der Waals surface area (Å²) < 4.78 is 10.7. The van der Waals surface area contributed by atoms with Crippen LogP contribution in [-0.2, 0) is 14.3 Å². The topological polar surface area (TPSA) is 122 Å². The van der Waals surface area contributed by atoms with Gasteiger partial charge in [-0.3, -0.25) is 4.79 Å². The van der Waals surface area contributed by atoms with Crippen LogP contribution in [0.2, 0.25) is 0 Å². The fraction of sp³-hybridized carbons (Fsp3) is 0.909. The van der Waals surface area contributed by atoms with Crippen molar-refractivity contribution in [1.29, 1.82) is 0 Å². The van der Waals surface area contributed by atoms with Crippen LogP contribution in [0.1, 0.15) is 19.8 Å². The number of nitrogens with two attached hydrogens (primary N) is 1. The number of amides is 1. The highest BCUT2D eigenvalue weighted by atomic mass is 16.7. The highest BCUT2D eigenvalue weighted by Gasteiger charge is 2.42. The van der Waals surface area contributed by atoms with Gasteiger partial charge < -0.3 is 30.5 Å². The van der Waals surface area contributed by atoms with Crippen molar-refractivity contribution in [3.63, 3.8) is 0 Å². The van der Waals surface area contributed by atoms with E-state index in [0.717, 1.165) is 0 Å². The number of carbonyl (C=O) groups is 1. The van der Waals surface area contributed by atoms with E-state index >= 15 is 0 Å². The first-order valence-electron chi connectivity index (χ1n) is 5.99. The van der Waals surface area contributed by atoms with Crippen molar-refractivity contribution in [2.75, 3.05) is 13.2 Å². The van der Waals surface area contributed by atoms with Gasteiger partial charge in [0.25, 0.3) is 0 Å². The minimum Gasteiger partial charge on any atom is -0.394 e. The van der Waals surface area contributed by atoms with Crippen molar-refractivity contribution in [3.8, 4) is 0 Å². The summed E-state index contributed by atoms with van der Waals surface area (Å²) in [4.78, 5) is 10.5. The van der Waals surface area contributed by atoms with Crippen LogP contribution in [0.4, 0.5) is 0 Å². The Morgan fingerprint density at radius 1 is 1.39 bits per heavy atom. The first-order chi connectivity index (χ1) is 8.47. The Bertz CT molecular complexity index is 272. The normalized spacial score (nSPS) is 36.6. The third kappa shape index (κ3) is 3.89. The zero-order chi connectivity index (χ0) is 13.7. The smallest absolute Gasteiger partial charge is 0.217 e. The Labute approximate surface area is 105 Å². The largest absolute Gasteiger partial charge is 0.394 e. The Morgan fingerprint density at radius 3 is 2.61 bits per heavy atom. The molecule has 7 heteroatoms. The lowest BCUT2D eigenvalue weighted by atomic mass is 9.92. The summed E-state index contributed by atoms with van der Waals surface area (Å²) in [6, 6.07) is 0. The van der Waals surface area contributed by atoms with E-state index in [-0.39, 0.29) is 13.0 Å². The summed E-state index contributed by atoms with van der Waals surface area (Å²) in [6.07, 6.45) is -3.04. The van der Waals surface area contributed by atoms with E-state index in [1.165, 1.54) is 0 Å². The van der Waals surface area contributed by atoms with Crippen molar-refractivity contribution in [2.24, 2.45) is 11.7 Å². The highest BCUT2D eigenvalue weighted by Crippen LogP contribution is 2.26. The molecule has 0 bridgehead atoms. The van der Waals surface area contributed by atoms with Gasteiger partial charge in [-0.25, -0.2) is 0 Å². The second-order valence-electron chi connectivity index (χ2n) is 4.51. The van der Waals surface area contributed by atoms with Crippen LogP contribution in [0.3, 0.4) is 0 Å². The molecule has 1 fully saturated rings. The van der Waals surface area contributed by atoms with Crippen LogP contribution in [0.15, 0.2) is 0 Å². The van der Waals surface area contributed by atoms with Gasteiger partial charge in [0.1, 0.15) is 12.2 Å². The van der Waals surface area contributed by atoms with Crippen LogP contribution in [-0.4, -0.2) is 59.0 Å². The van der Waals surface area contributed by atoms with Gasteiger partial charge in [0.15, 0.2) is 6.29 Å². The molecule has 1 rings (SSSR count). The summed E-state index contributed by atoms with van der Waals surface area (Å²) in [5, 5.41) is 28.4. The van der Waals surface area contributed by atoms with Gasteiger partial charge in [0.2, 0.25) is 5.91 Å². The first kappa shape index (κ1) is 15.3. The molecule has 7 nitrogen and oxygen atoms in total. The fourth-order valence-electron chi connectivity index (χ4n) is 1.86. The van der Waals surface area contributed by atoms with E-state index in [2.05, 4.69) is 0 Å². The van der Waals surface area contributed by atoms with E-state index in [1.807, 2.05) is 0 Å². The minimum absolute atomic E-state index is 0.218. The van der Waals surface area contributed by atoms with Gasteiger partial charge in [0.05, 0.1) is 19.3 Å². The van der Waals surface area contributed by atoms with Crippen molar-refractivity contribution in [3.05, 3.63) is 0 Å². The lowest BCUT2D eigenvalue weighted by Gasteiger charge is -2.40. The molecule has 106 valence electrons. The second-order valence-corrected chi connectivity index (χ2v) is 4.51. The maximum absolute atomic E-state index is 10.5. The first-order valence-corrected chi connectivity index (χ1v) is 5.99. The van der Waals surface area contributed by atoms with Crippen molar-refractivity contribution < 1.29 is 29.6 Å². The van der Waals surface area contributed by atoms with Gasteiger partial charge in [-0.2, -0.15) is 0 Å². The van der Waals surface area contributed by atoms with E-state index in [4.69, 9.17) is 20.3 Å². The van der Waals surface area contributed by atoms with Crippen molar-refractivity contribution >= 4 is 5.91 Å². The second kappa shape index (κ2) is 7.01.